The minimum atomic E-state index is -1.19. The molecule has 0 saturated heterocycles. The number of ether oxygens (including phenoxy) is 2. The van der Waals surface area contributed by atoms with E-state index in [1.54, 1.807) is 18.2 Å². The lowest BCUT2D eigenvalue weighted by Crippen LogP contribution is -2.18. The Morgan fingerprint density at radius 1 is 1.43 bits per heavy atom. The van der Waals surface area contributed by atoms with E-state index in [0.29, 0.717) is 26.8 Å². The molecule has 0 fully saturated rings. The molecule has 2 heterocycles. The number of halogens is 1. The fourth-order valence-corrected chi connectivity index (χ4v) is 3.83. The van der Waals surface area contributed by atoms with Gasteiger partial charge in [0, 0.05) is 0 Å². The van der Waals surface area contributed by atoms with Crippen LogP contribution in [0.25, 0.3) is 10.9 Å². The maximum atomic E-state index is 11.3. The van der Waals surface area contributed by atoms with Gasteiger partial charge in [-0.05, 0) is 65.0 Å². The van der Waals surface area contributed by atoms with Gasteiger partial charge in [0.1, 0.15) is 22.5 Å². The van der Waals surface area contributed by atoms with Gasteiger partial charge >= 0.3 is 6.09 Å². The van der Waals surface area contributed by atoms with E-state index in [-0.39, 0.29) is 12.0 Å². The van der Waals surface area contributed by atoms with Crippen molar-refractivity contribution in [2.45, 2.75) is 25.4 Å². The summed E-state index contributed by atoms with van der Waals surface area (Å²) in [4.78, 5) is 15.9. The molecule has 2 aromatic heterocycles. The number of nitriles is 1. The molecule has 3 aromatic rings. The maximum Gasteiger partial charge on any atom is 0.432 e. The summed E-state index contributed by atoms with van der Waals surface area (Å²) in [7, 11) is 1.44. The molecular weight excluding hydrogens is 428 g/mol. The molecule has 0 spiro atoms. The van der Waals surface area contributed by atoms with E-state index in [1.807, 2.05) is 6.07 Å². The number of hydrogen-bond acceptors (Lipinski definition) is 6. The zero-order valence-corrected chi connectivity index (χ0v) is 16.4. The highest BCUT2D eigenvalue weighted by Gasteiger charge is 2.26. The van der Waals surface area contributed by atoms with Crippen LogP contribution in [0.2, 0.25) is 0 Å². The predicted molar refractivity (Wildman–Crippen MR) is 103 cm³/mol. The summed E-state index contributed by atoms with van der Waals surface area (Å²) in [5, 5.41) is 23.0. The van der Waals surface area contributed by atoms with Crippen molar-refractivity contribution in [2.75, 3.05) is 7.11 Å². The maximum absolute atomic E-state index is 11.3. The Balaban J connectivity index is 1.71. The molecule has 1 N–H and O–H groups in total. The number of benzene rings is 1. The number of aryl methyl sites for hydroxylation is 1. The highest BCUT2D eigenvalue weighted by atomic mass is 79.9. The van der Waals surface area contributed by atoms with Crippen LogP contribution in [0.5, 0.6) is 11.6 Å². The van der Waals surface area contributed by atoms with E-state index >= 15 is 0 Å². The van der Waals surface area contributed by atoms with E-state index in [9.17, 15) is 15.2 Å². The zero-order chi connectivity index (χ0) is 19.8. The molecule has 1 aliphatic carbocycles. The first-order valence-corrected chi connectivity index (χ1v) is 9.37. The van der Waals surface area contributed by atoms with Gasteiger partial charge < -0.3 is 14.6 Å². The summed E-state index contributed by atoms with van der Waals surface area (Å²) < 4.78 is 12.8. The van der Waals surface area contributed by atoms with Gasteiger partial charge in [-0.2, -0.15) is 9.94 Å². The summed E-state index contributed by atoms with van der Waals surface area (Å²) in [6.45, 7) is 0. The van der Waals surface area contributed by atoms with Crippen molar-refractivity contribution in [1.29, 1.82) is 5.26 Å². The summed E-state index contributed by atoms with van der Waals surface area (Å²) in [6, 6.07) is 9.04. The Morgan fingerprint density at radius 3 is 2.96 bits per heavy atom. The molecule has 0 aliphatic heterocycles. The smallest absolute Gasteiger partial charge is 0.432 e. The second kappa shape index (κ2) is 7.13. The molecule has 1 aliphatic rings. The van der Waals surface area contributed by atoms with Crippen LogP contribution >= 0.6 is 15.9 Å². The van der Waals surface area contributed by atoms with Crippen molar-refractivity contribution < 1.29 is 19.4 Å². The summed E-state index contributed by atoms with van der Waals surface area (Å²) >= 11 is 3.34. The number of carbonyl (C=O) groups is 1. The molecule has 8 nitrogen and oxygen atoms in total. The fraction of sp³-hybridized carbons (Fsp3) is 0.263. The van der Waals surface area contributed by atoms with Crippen LogP contribution in [0.1, 0.15) is 35.8 Å². The Hall–Kier alpha value is -3.12. The number of methoxy groups -OCH3 is 1. The first-order valence-electron chi connectivity index (χ1n) is 8.58. The van der Waals surface area contributed by atoms with E-state index in [1.165, 1.54) is 7.11 Å². The number of hydrogen-bond donors (Lipinski definition) is 1. The Labute approximate surface area is 168 Å². The van der Waals surface area contributed by atoms with Crippen LogP contribution < -0.4 is 9.47 Å². The molecule has 0 bridgehead atoms. The Morgan fingerprint density at radius 2 is 2.25 bits per heavy atom. The third kappa shape index (κ3) is 3.05. The van der Waals surface area contributed by atoms with Gasteiger partial charge in [0.2, 0.25) is 5.88 Å². The Bertz CT molecular complexity index is 1140. The number of carboxylic acid groups (broad SMARTS) is 1. The van der Waals surface area contributed by atoms with Gasteiger partial charge in [0.05, 0.1) is 29.3 Å². The minimum absolute atomic E-state index is 0.214. The number of aromatic nitrogens is 3. The van der Waals surface area contributed by atoms with Gasteiger partial charge in [-0.15, -0.1) is 5.10 Å². The largest absolute Gasteiger partial charge is 0.484 e. The lowest BCUT2D eigenvalue weighted by atomic mass is 9.93. The highest BCUT2D eigenvalue weighted by molar-refractivity contribution is 9.10. The topological polar surface area (TPSA) is 110 Å². The van der Waals surface area contributed by atoms with Crippen LogP contribution in [0, 0.1) is 11.3 Å². The summed E-state index contributed by atoms with van der Waals surface area (Å²) in [6.07, 6.45) is 1.12. The van der Waals surface area contributed by atoms with Crippen molar-refractivity contribution in [2.24, 2.45) is 0 Å². The van der Waals surface area contributed by atoms with Gasteiger partial charge in [-0.3, -0.25) is 0 Å². The van der Waals surface area contributed by atoms with Gasteiger partial charge in [0.25, 0.3) is 0 Å². The standard InChI is InChI=1S/C19H15BrN4O4/c1-27-18-13-8-12(5-6-14(13)24(23-18)19(25)26)28-15-4-2-3-10-7-11(9-21)17(20)22-16(10)15/h5-8,15H,2-4H2,1H3,(H,25,26). The predicted octanol–water partition coefficient (Wildman–Crippen LogP) is 4.06. The van der Waals surface area contributed by atoms with Crippen LogP contribution in [-0.2, 0) is 6.42 Å². The number of fused-ring (bicyclic) bond motifs is 2. The molecule has 0 radical (unpaired) electrons. The quantitative estimate of drug-likeness (QED) is 0.608. The van der Waals surface area contributed by atoms with Gasteiger partial charge in [0.15, 0.2) is 0 Å². The molecule has 1 unspecified atom stereocenters. The SMILES string of the molecule is COc1nn(C(=O)O)c2ccc(OC3CCCc4cc(C#N)c(Br)nc43)cc12. The van der Waals surface area contributed by atoms with Crippen LogP contribution in [-0.4, -0.2) is 33.1 Å². The average Bonchev–Trinajstić information content (AvgIpc) is 3.06. The molecule has 4 rings (SSSR count). The first-order chi connectivity index (χ1) is 13.5. The van der Waals surface area contributed by atoms with Gasteiger partial charge in [-0.1, -0.05) is 0 Å². The molecule has 28 heavy (non-hydrogen) atoms. The van der Waals surface area contributed by atoms with E-state index < -0.39 is 6.09 Å². The van der Waals surface area contributed by atoms with Crippen molar-refractivity contribution in [3.05, 3.63) is 45.7 Å². The third-order valence-corrected chi connectivity index (χ3v) is 5.30. The fourth-order valence-electron chi connectivity index (χ4n) is 3.44. The normalized spacial score (nSPS) is 15.7. The van der Waals surface area contributed by atoms with Crippen molar-refractivity contribution >= 4 is 32.9 Å². The molecule has 1 atom stereocenters. The number of pyridine rings is 1. The molecule has 9 heteroatoms. The van der Waals surface area contributed by atoms with E-state index in [2.05, 4.69) is 32.1 Å². The van der Waals surface area contributed by atoms with Crippen LogP contribution in [0.15, 0.2) is 28.9 Å². The van der Waals surface area contributed by atoms with E-state index in [0.717, 1.165) is 35.2 Å². The zero-order valence-electron chi connectivity index (χ0n) is 14.8. The van der Waals surface area contributed by atoms with E-state index in [4.69, 9.17) is 9.47 Å². The Kier molecular flexibility index (Phi) is 4.65. The summed E-state index contributed by atoms with van der Waals surface area (Å²) in [5.41, 5.74) is 2.74. The number of nitrogens with zero attached hydrogens (tertiary/aromatic N) is 4. The molecule has 0 saturated carbocycles. The highest BCUT2D eigenvalue weighted by Crippen LogP contribution is 2.36. The lowest BCUT2D eigenvalue weighted by molar-refractivity contribution is 0.178. The average molecular weight is 443 g/mol. The second-order valence-corrected chi connectivity index (χ2v) is 7.12. The second-order valence-electron chi connectivity index (χ2n) is 6.36. The van der Waals surface area contributed by atoms with Crippen molar-refractivity contribution in [3.63, 3.8) is 0 Å². The van der Waals surface area contributed by atoms with Crippen molar-refractivity contribution in [3.8, 4) is 17.7 Å². The van der Waals surface area contributed by atoms with Crippen molar-refractivity contribution in [1.82, 2.24) is 14.8 Å². The minimum Gasteiger partial charge on any atom is -0.484 e. The van der Waals surface area contributed by atoms with Crippen LogP contribution in [0.4, 0.5) is 4.79 Å². The number of rotatable bonds is 3. The summed E-state index contributed by atoms with van der Waals surface area (Å²) in [5.74, 6) is 0.780. The first kappa shape index (κ1) is 18.3. The molecular formula is C19H15BrN4O4. The lowest BCUT2D eigenvalue weighted by Gasteiger charge is -2.25. The monoisotopic (exact) mass is 442 g/mol. The molecule has 1 aromatic carbocycles. The molecule has 0 amide bonds. The third-order valence-electron chi connectivity index (χ3n) is 4.70. The van der Waals surface area contributed by atoms with Gasteiger partial charge in [-0.25, -0.2) is 9.78 Å². The molecule has 142 valence electrons. The van der Waals surface area contributed by atoms with Crippen LogP contribution in [0.3, 0.4) is 0 Å².